The van der Waals surface area contributed by atoms with Crippen LogP contribution in [0.2, 0.25) is 0 Å². The Bertz CT molecular complexity index is 399. The van der Waals surface area contributed by atoms with Gasteiger partial charge in [-0.2, -0.15) is 5.26 Å². The van der Waals surface area contributed by atoms with E-state index in [9.17, 15) is 0 Å². The van der Waals surface area contributed by atoms with Crippen molar-refractivity contribution in [3.8, 4) is 6.07 Å². The summed E-state index contributed by atoms with van der Waals surface area (Å²) in [4.78, 5) is 0. The van der Waals surface area contributed by atoms with E-state index in [1.165, 1.54) is 0 Å². The first-order chi connectivity index (χ1) is 6.06. The van der Waals surface area contributed by atoms with Crippen molar-refractivity contribution >= 4 is 11.4 Å². The number of nitrogens with one attached hydrogen (secondary N) is 1. The molecule has 0 radical (unpaired) electrons. The average molecular weight is 173 g/mol. The van der Waals surface area contributed by atoms with Gasteiger partial charge in [-0.05, 0) is 31.5 Å². The van der Waals surface area contributed by atoms with E-state index >= 15 is 0 Å². The molecule has 3 nitrogen and oxygen atoms in total. The molecule has 1 aromatic rings. The van der Waals surface area contributed by atoms with E-state index in [2.05, 4.69) is 0 Å². The van der Waals surface area contributed by atoms with Gasteiger partial charge in [0.15, 0.2) is 0 Å². The number of nitriles is 1. The minimum absolute atomic E-state index is 0.328. The van der Waals surface area contributed by atoms with Crippen LogP contribution < -0.4 is 5.73 Å². The van der Waals surface area contributed by atoms with Gasteiger partial charge in [-0.3, -0.25) is 0 Å². The normalized spacial score (nSPS) is 9.31. The third kappa shape index (κ3) is 1.67. The number of nitrogen functional groups attached to an aromatic ring is 1. The molecule has 0 unspecified atom stereocenters. The van der Waals surface area contributed by atoms with Crippen LogP contribution >= 0.6 is 0 Å². The van der Waals surface area contributed by atoms with Crippen LogP contribution in [0.4, 0.5) is 5.69 Å². The van der Waals surface area contributed by atoms with Gasteiger partial charge in [0.25, 0.3) is 0 Å². The molecular formula is C10H11N3. The van der Waals surface area contributed by atoms with E-state index in [0.717, 1.165) is 5.56 Å². The van der Waals surface area contributed by atoms with E-state index in [1.807, 2.05) is 13.0 Å². The van der Waals surface area contributed by atoms with Crippen LogP contribution in [0.5, 0.6) is 0 Å². The first-order valence-electron chi connectivity index (χ1n) is 3.92. The highest BCUT2D eigenvalue weighted by Gasteiger charge is 2.08. The number of nitrogens with two attached hydrogens (primary N) is 1. The minimum atomic E-state index is 0.328. The Morgan fingerprint density at radius 3 is 2.62 bits per heavy atom. The zero-order valence-electron chi connectivity index (χ0n) is 7.68. The van der Waals surface area contributed by atoms with Crippen molar-refractivity contribution < 1.29 is 0 Å². The summed E-state index contributed by atoms with van der Waals surface area (Å²) in [6.45, 7) is 3.50. The van der Waals surface area contributed by atoms with Crippen molar-refractivity contribution in [2.75, 3.05) is 5.73 Å². The van der Waals surface area contributed by atoms with E-state index < -0.39 is 0 Å². The van der Waals surface area contributed by atoms with Gasteiger partial charge in [0.2, 0.25) is 0 Å². The van der Waals surface area contributed by atoms with Crippen LogP contribution in [0, 0.1) is 23.7 Å². The topological polar surface area (TPSA) is 73.7 Å². The van der Waals surface area contributed by atoms with Crippen LogP contribution in [0.15, 0.2) is 12.1 Å². The molecule has 1 aromatic carbocycles. The number of rotatable bonds is 1. The second kappa shape index (κ2) is 3.28. The van der Waals surface area contributed by atoms with Crippen molar-refractivity contribution in [1.29, 1.82) is 10.7 Å². The van der Waals surface area contributed by atoms with Crippen molar-refractivity contribution in [1.82, 2.24) is 0 Å². The molecule has 66 valence electrons. The Kier molecular flexibility index (Phi) is 2.34. The van der Waals surface area contributed by atoms with E-state index in [4.69, 9.17) is 16.4 Å². The Balaban J connectivity index is 3.50. The smallest absolute Gasteiger partial charge is 0.0999 e. The highest BCUT2D eigenvalue weighted by atomic mass is 14.6. The van der Waals surface area contributed by atoms with Crippen molar-refractivity contribution in [2.45, 2.75) is 13.8 Å². The zero-order valence-corrected chi connectivity index (χ0v) is 7.68. The number of benzene rings is 1. The second-order valence-corrected chi connectivity index (χ2v) is 3.01. The molecule has 13 heavy (non-hydrogen) atoms. The molecule has 0 saturated heterocycles. The van der Waals surface area contributed by atoms with Gasteiger partial charge in [0.05, 0.1) is 11.6 Å². The predicted octanol–water partition coefficient (Wildman–Crippen LogP) is 1.84. The molecular weight excluding hydrogens is 162 g/mol. The van der Waals surface area contributed by atoms with Gasteiger partial charge in [-0.1, -0.05) is 0 Å². The summed E-state index contributed by atoms with van der Waals surface area (Å²) >= 11 is 0. The fraction of sp³-hybridized carbons (Fsp3) is 0.200. The molecule has 0 bridgehead atoms. The molecule has 3 N–H and O–H groups in total. The van der Waals surface area contributed by atoms with Gasteiger partial charge in [0.1, 0.15) is 0 Å². The lowest BCUT2D eigenvalue weighted by Crippen LogP contribution is -2.03. The summed E-state index contributed by atoms with van der Waals surface area (Å²) in [6.07, 6.45) is 0. The highest BCUT2D eigenvalue weighted by molar-refractivity contribution is 6.03. The van der Waals surface area contributed by atoms with Crippen molar-refractivity contribution in [3.63, 3.8) is 0 Å². The van der Waals surface area contributed by atoms with Gasteiger partial charge in [-0.15, -0.1) is 0 Å². The van der Waals surface area contributed by atoms with Gasteiger partial charge in [-0.25, -0.2) is 0 Å². The van der Waals surface area contributed by atoms with Crippen molar-refractivity contribution in [3.05, 3.63) is 28.8 Å². The molecule has 0 amide bonds. The summed E-state index contributed by atoms with van der Waals surface area (Å²) < 4.78 is 0. The maximum Gasteiger partial charge on any atom is 0.0999 e. The lowest BCUT2D eigenvalue weighted by atomic mass is 10.00. The van der Waals surface area contributed by atoms with Crippen LogP contribution in [-0.4, -0.2) is 5.71 Å². The van der Waals surface area contributed by atoms with E-state index in [1.54, 1.807) is 19.1 Å². The lowest BCUT2D eigenvalue weighted by Gasteiger charge is -2.06. The summed E-state index contributed by atoms with van der Waals surface area (Å²) in [7, 11) is 0. The van der Waals surface area contributed by atoms with Crippen molar-refractivity contribution in [2.24, 2.45) is 0 Å². The molecule has 3 heteroatoms. The minimum Gasteiger partial charge on any atom is -0.398 e. The molecule has 0 aliphatic heterocycles. The Hall–Kier alpha value is -1.82. The Morgan fingerprint density at radius 2 is 2.15 bits per heavy atom. The molecule has 0 heterocycles. The molecule has 0 fully saturated rings. The fourth-order valence-electron chi connectivity index (χ4n) is 1.32. The van der Waals surface area contributed by atoms with Crippen LogP contribution in [-0.2, 0) is 0 Å². The maximum atomic E-state index is 8.81. The summed E-state index contributed by atoms with van der Waals surface area (Å²) in [5.74, 6) is 0. The lowest BCUT2D eigenvalue weighted by molar-refractivity contribution is 1.38. The number of nitrogens with zero attached hydrogens (tertiary/aromatic N) is 1. The summed E-state index contributed by atoms with van der Waals surface area (Å²) in [5, 5.41) is 16.3. The Morgan fingerprint density at radius 1 is 1.54 bits per heavy atom. The predicted molar refractivity (Wildman–Crippen MR) is 52.8 cm³/mol. The monoisotopic (exact) mass is 173 g/mol. The average Bonchev–Trinajstić information content (AvgIpc) is 2.01. The number of hydrogen-bond donors (Lipinski definition) is 2. The van der Waals surface area contributed by atoms with Gasteiger partial charge >= 0.3 is 0 Å². The first kappa shape index (κ1) is 9.27. The molecule has 0 saturated carbocycles. The molecule has 0 aromatic heterocycles. The highest BCUT2D eigenvalue weighted by Crippen LogP contribution is 2.19. The third-order valence-corrected chi connectivity index (χ3v) is 1.81. The van der Waals surface area contributed by atoms with Gasteiger partial charge < -0.3 is 11.1 Å². The summed E-state index contributed by atoms with van der Waals surface area (Å²) in [5.41, 5.74) is 8.51. The van der Waals surface area contributed by atoms with Gasteiger partial charge in [0, 0.05) is 17.0 Å². The number of hydrogen-bond acceptors (Lipinski definition) is 3. The quantitative estimate of drug-likeness (QED) is 0.502. The standard InChI is InChI=1S/C10H11N3/c1-6-3-8(5-11)10(7(2)12)9(13)4-6/h3-4,12H,13H2,1-2H3. The zero-order chi connectivity index (χ0) is 10.0. The maximum absolute atomic E-state index is 8.81. The van der Waals surface area contributed by atoms with Crippen LogP contribution in [0.3, 0.4) is 0 Å². The molecule has 1 rings (SSSR count). The first-order valence-corrected chi connectivity index (χ1v) is 3.92. The molecule has 0 aliphatic carbocycles. The van der Waals surface area contributed by atoms with E-state index in [-0.39, 0.29) is 0 Å². The molecule has 0 aliphatic rings. The van der Waals surface area contributed by atoms with Crippen LogP contribution in [0.1, 0.15) is 23.6 Å². The molecule has 0 spiro atoms. The number of aryl methyl sites for hydroxylation is 1. The SMILES string of the molecule is CC(=N)c1c(N)cc(C)cc1C#N. The largest absolute Gasteiger partial charge is 0.398 e. The Labute approximate surface area is 77.3 Å². The number of anilines is 1. The second-order valence-electron chi connectivity index (χ2n) is 3.01. The summed E-state index contributed by atoms with van der Waals surface area (Å²) in [6, 6.07) is 5.55. The van der Waals surface area contributed by atoms with Crippen LogP contribution in [0.25, 0.3) is 0 Å². The molecule has 0 atom stereocenters. The third-order valence-electron chi connectivity index (χ3n) is 1.81. The fourth-order valence-corrected chi connectivity index (χ4v) is 1.32. The van der Waals surface area contributed by atoms with E-state index in [0.29, 0.717) is 22.5 Å².